The lowest BCUT2D eigenvalue weighted by Crippen LogP contribution is -2.21. The number of aryl methyl sites for hydroxylation is 3. The third-order valence-corrected chi connectivity index (χ3v) is 5.07. The summed E-state index contributed by atoms with van der Waals surface area (Å²) in [4.78, 5) is 12.2. The van der Waals surface area contributed by atoms with E-state index >= 15 is 0 Å². The van der Waals surface area contributed by atoms with E-state index in [2.05, 4.69) is 43.4 Å². The Morgan fingerprint density at radius 2 is 1.71 bits per heavy atom. The maximum Gasteiger partial charge on any atom is 0.243 e. The molecule has 0 aliphatic heterocycles. The zero-order chi connectivity index (χ0) is 15.0. The van der Waals surface area contributed by atoms with Gasteiger partial charge in [0.2, 0.25) is 5.91 Å². The summed E-state index contributed by atoms with van der Waals surface area (Å²) in [6.07, 6.45) is 6.81. The van der Waals surface area contributed by atoms with E-state index in [1.165, 1.54) is 42.4 Å². The molecule has 2 saturated carbocycles. The standard InChI is InChI=1S/C18H24N2O/c1-11-8-12(2)16(13(3)9-11)10-19-20-18(21)17-14-6-4-5-7-15(14)17/h8-10,14-15,17H,4-7H2,1-3H3,(H,20,21). The monoisotopic (exact) mass is 284 g/mol. The van der Waals surface area contributed by atoms with Gasteiger partial charge in [0.1, 0.15) is 0 Å². The fraction of sp³-hybridized carbons (Fsp3) is 0.556. The van der Waals surface area contributed by atoms with Crippen LogP contribution in [0.1, 0.15) is 47.9 Å². The van der Waals surface area contributed by atoms with Crippen molar-refractivity contribution in [1.29, 1.82) is 0 Å². The molecule has 0 heterocycles. The van der Waals surface area contributed by atoms with E-state index in [1.54, 1.807) is 6.21 Å². The first-order valence-corrected chi connectivity index (χ1v) is 7.98. The van der Waals surface area contributed by atoms with Crippen LogP contribution in [0.25, 0.3) is 0 Å². The topological polar surface area (TPSA) is 41.5 Å². The highest BCUT2D eigenvalue weighted by Gasteiger charge is 2.54. The number of carbonyl (C=O) groups excluding carboxylic acids is 1. The number of hydrogen-bond donors (Lipinski definition) is 1. The van der Waals surface area contributed by atoms with E-state index in [9.17, 15) is 4.79 Å². The second-order valence-electron chi connectivity index (χ2n) is 6.68. The Bertz CT molecular complexity index is 556. The maximum absolute atomic E-state index is 12.2. The van der Waals surface area contributed by atoms with Gasteiger partial charge in [0.25, 0.3) is 0 Å². The summed E-state index contributed by atoms with van der Waals surface area (Å²) in [5, 5.41) is 4.19. The molecule has 21 heavy (non-hydrogen) atoms. The van der Waals surface area contributed by atoms with Gasteiger partial charge in [0.05, 0.1) is 6.21 Å². The fourth-order valence-corrected chi connectivity index (χ4v) is 4.01. The molecule has 0 saturated heterocycles. The van der Waals surface area contributed by atoms with Gasteiger partial charge < -0.3 is 0 Å². The third kappa shape index (κ3) is 2.87. The third-order valence-electron chi connectivity index (χ3n) is 5.07. The molecule has 2 aliphatic rings. The van der Waals surface area contributed by atoms with Crippen LogP contribution in [-0.4, -0.2) is 12.1 Å². The lowest BCUT2D eigenvalue weighted by molar-refractivity contribution is -0.122. The van der Waals surface area contributed by atoms with E-state index in [4.69, 9.17) is 0 Å². The van der Waals surface area contributed by atoms with Gasteiger partial charge in [0, 0.05) is 11.5 Å². The summed E-state index contributed by atoms with van der Waals surface area (Å²) < 4.78 is 0. The van der Waals surface area contributed by atoms with Gasteiger partial charge in [0.15, 0.2) is 0 Å². The van der Waals surface area contributed by atoms with Crippen molar-refractivity contribution in [3.8, 4) is 0 Å². The molecule has 3 heteroatoms. The van der Waals surface area contributed by atoms with Crippen LogP contribution < -0.4 is 5.43 Å². The van der Waals surface area contributed by atoms with Gasteiger partial charge in [-0.1, -0.05) is 30.5 Å². The summed E-state index contributed by atoms with van der Waals surface area (Å²) >= 11 is 0. The number of fused-ring (bicyclic) bond motifs is 1. The van der Waals surface area contributed by atoms with Gasteiger partial charge in [-0.25, -0.2) is 5.43 Å². The Morgan fingerprint density at radius 3 is 2.29 bits per heavy atom. The highest BCUT2D eigenvalue weighted by molar-refractivity contribution is 5.87. The number of rotatable bonds is 3. The molecule has 3 rings (SSSR count). The lowest BCUT2D eigenvalue weighted by atomic mass is 10.0. The normalized spacial score (nSPS) is 27.5. The molecule has 0 bridgehead atoms. The summed E-state index contributed by atoms with van der Waals surface area (Å²) in [7, 11) is 0. The molecule has 1 amide bonds. The smallest absolute Gasteiger partial charge is 0.243 e. The summed E-state index contributed by atoms with van der Waals surface area (Å²) in [5.74, 6) is 1.61. The van der Waals surface area contributed by atoms with Crippen molar-refractivity contribution in [2.75, 3.05) is 0 Å². The van der Waals surface area contributed by atoms with Crippen molar-refractivity contribution >= 4 is 12.1 Å². The Morgan fingerprint density at radius 1 is 1.14 bits per heavy atom. The first-order chi connectivity index (χ1) is 10.1. The van der Waals surface area contributed by atoms with Crippen LogP contribution in [0.3, 0.4) is 0 Å². The largest absolute Gasteiger partial charge is 0.273 e. The molecule has 0 radical (unpaired) electrons. The van der Waals surface area contributed by atoms with Crippen molar-refractivity contribution < 1.29 is 4.79 Å². The Kier molecular flexibility index (Phi) is 3.83. The van der Waals surface area contributed by atoms with Crippen molar-refractivity contribution in [1.82, 2.24) is 5.43 Å². The van der Waals surface area contributed by atoms with E-state index in [-0.39, 0.29) is 11.8 Å². The maximum atomic E-state index is 12.2. The predicted octanol–water partition coefficient (Wildman–Crippen LogP) is 3.50. The number of nitrogens with zero attached hydrogens (tertiary/aromatic N) is 1. The van der Waals surface area contributed by atoms with E-state index in [1.807, 2.05) is 0 Å². The van der Waals surface area contributed by atoms with Gasteiger partial charge in [-0.05, 0) is 56.6 Å². The number of carbonyl (C=O) groups is 1. The van der Waals surface area contributed by atoms with Gasteiger partial charge in [-0.2, -0.15) is 5.10 Å². The van der Waals surface area contributed by atoms with Gasteiger partial charge in [-0.15, -0.1) is 0 Å². The van der Waals surface area contributed by atoms with Crippen molar-refractivity contribution in [2.45, 2.75) is 46.5 Å². The van der Waals surface area contributed by atoms with Crippen LogP contribution in [0, 0.1) is 38.5 Å². The second-order valence-corrected chi connectivity index (χ2v) is 6.68. The fourth-order valence-electron chi connectivity index (χ4n) is 4.01. The van der Waals surface area contributed by atoms with E-state index in [0.717, 1.165) is 5.56 Å². The average molecular weight is 284 g/mol. The van der Waals surface area contributed by atoms with Crippen LogP contribution in [0.5, 0.6) is 0 Å². The number of hydrogen-bond acceptors (Lipinski definition) is 2. The summed E-state index contributed by atoms with van der Waals surface area (Å²) in [5.41, 5.74) is 7.51. The lowest BCUT2D eigenvalue weighted by Gasteiger charge is -2.06. The molecular weight excluding hydrogens is 260 g/mol. The number of hydrazone groups is 1. The molecule has 0 spiro atoms. The number of nitrogens with one attached hydrogen (secondary N) is 1. The molecule has 112 valence electrons. The molecule has 1 aromatic carbocycles. The first kappa shape index (κ1) is 14.3. The van der Waals surface area contributed by atoms with E-state index in [0.29, 0.717) is 11.8 Å². The van der Waals surface area contributed by atoms with Crippen LogP contribution in [-0.2, 0) is 4.79 Å². The minimum Gasteiger partial charge on any atom is -0.273 e. The van der Waals surface area contributed by atoms with E-state index < -0.39 is 0 Å². The van der Waals surface area contributed by atoms with Crippen LogP contribution >= 0.6 is 0 Å². The number of amides is 1. The number of benzene rings is 1. The Labute approximate surface area is 126 Å². The van der Waals surface area contributed by atoms with Gasteiger partial charge >= 0.3 is 0 Å². The highest BCUT2D eigenvalue weighted by Crippen LogP contribution is 2.55. The predicted molar refractivity (Wildman–Crippen MR) is 85.3 cm³/mol. The highest BCUT2D eigenvalue weighted by atomic mass is 16.2. The van der Waals surface area contributed by atoms with Crippen LogP contribution in [0.2, 0.25) is 0 Å². The molecule has 1 aromatic rings. The zero-order valence-corrected chi connectivity index (χ0v) is 13.1. The van der Waals surface area contributed by atoms with Crippen LogP contribution in [0.15, 0.2) is 17.2 Å². The minimum atomic E-state index is 0.116. The first-order valence-electron chi connectivity index (χ1n) is 7.98. The van der Waals surface area contributed by atoms with Crippen LogP contribution in [0.4, 0.5) is 0 Å². The SMILES string of the molecule is Cc1cc(C)c(C=NNC(=O)C2C3CCCCC32)c(C)c1. The van der Waals surface area contributed by atoms with Crippen molar-refractivity contribution in [3.05, 3.63) is 34.4 Å². The minimum absolute atomic E-state index is 0.116. The second kappa shape index (κ2) is 5.63. The molecule has 3 nitrogen and oxygen atoms in total. The zero-order valence-electron chi connectivity index (χ0n) is 13.1. The molecule has 2 atom stereocenters. The Hall–Kier alpha value is -1.64. The van der Waals surface area contributed by atoms with Crippen molar-refractivity contribution in [2.24, 2.45) is 22.9 Å². The molecule has 2 aliphatic carbocycles. The Balaban J connectivity index is 1.61. The summed E-state index contributed by atoms with van der Waals surface area (Å²) in [6.45, 7) is 6.26. The quantitative estimate of drug-likeness (QED) is 0.670. The molecule has 2 fully saturated rings. The van der Waals surface area contributed by atoms with Gasteiger partial charge in [-0.3, -0.25) is 4.79 Å². The molecule has 2 unspecified atom stereocenters. The molecule has 1 N–H and O–H groups in total. The molecular formula is C18H24N2O. The summed E-state index contributed by atoms with van der Waals surface area (Å²) in [6, 6.07) is 4.29. The average Bonchev–Trinajstić information content (AvgIpc) is 3.15. The van der Waals surface area contributed by atoms with Crippen molar-refractivity contribution in [3.63, 3.8) is 0 Å². The molecule has 0 aromatic heterocycles.